The minimum atomic E-state index is 0.693. The van der Waals surface area contributed by atoms with Crippen molar-refractivity contribution >= 4 is 0 Å². The van der Waals surface area contributed by atoms with Crippen LogP contribution in [0.1, 0.15) is 20.3 Å². The molecule has 0 amide bonds. The average Bonchev–Trinajstić information content (AvgIpc) is 2.11. The number of nitrogens with zero attached hydrogens (tertiary/aromatic N) is 1. The fraction of sp³-hybridized carbons (Fsp3) is 0.800. The quantitative estimate of drug-likeness (QED) is 0.449. The summed E-state index contributed by atoms with van der Waals surface area (Å²) in [6.07, 6.45) is 6.28. The summed E-state index contributed by atoms with van der Waals surface area (Å²) in [6, 6.07) is 0. The van der Waals surface area contributed by atoms with Crippen LogP contribution in [0.25, 0.3) is 0 Å². The summed E-state index contributed by atoms with van der Waals surface area (Å²) < 4.78 is 0. The first kappa shape index (κ1) is 11.5. The molecule has 12 heavy (non-hydrogen) atoms. The highest BCUT2D eigenvalue weighted by Gasteiger charge is 1.96. The van der Waals surface area contributed by atoms with Gasteiger partial charge in [-0.3, -0.25) is 0 Å². The van der Waals surface area contributed by atoms with E-state index < -0.39 is 0 Å². The molecule has 70 valence electrons. The average molecular weight is 168 g/mol. The van der Waals surface area contributed by atoms with Crippen LogP contribution in [0.4, 0.5) is 0 Å². The van der Waals surface area contributed by atoms with Gasteiger partial charge >= 0.3 is 0 Å². The normalized spacial score (nSPS) is 10.2. The van der Waals surface area contributed by atoms with Gasteiger partial charge in [-0.25, -0.2) is 0 Å². The second-order valence-electron chi connectivity index (χ2n) is 2.76. The molecule has 0 unspecified atom stereocenters. The predicted molar refractivity (Wildman–Crippen MR) is 54.1 cm³/mol. The number of hydrogen-bond acceptors (Lipinski definition) is 2. The van der Waals surface area contributed by atoms with Gasteiger partial charge in [-0.2, -0.15) is 0 Å². The van der Waals surface area contributed by atoms with E-state index in [4.69, 9.17) is 6.42 Å². The standard InChI is InChI=1S/C10H20N2/c1-4-8-11-9-7-10-12(5-2)6-3/h1,11H,5-10H2,2-3H3. The molecule has 0 aromatic rings. The van der Waals surface area contributed by atoms with Crippen molar-refractivity contribution in [2.75, 3.05) is 32.7 Å². The Hall–Kier alpha value is -0.520. The fourth-order valence-electron chi connectivity index (χ4n) is 1.13. The first-order valence-corrected chi connectivity index (χ1v) is 4.71. The lowest BCUT2D eigenvalue weighted by molar-refractivity contribution is 0.299. The van der Waals surface area contributed by atoms with Crippen LogP contribution in [-0.4, -0.2) is 37.6 Å². The fourth-order valence-corrected chi connectivity index (χ4v) is 1.13. The molecule has 0 bridgehead atoms. The molecule has 0 aliphatic carbocycles. The SMILES string of the molecule is C#CCNCCCN(CC)CC. The third-order valence-electron chi connectivity index (χ3n) is 1.95. The van der Waals surface area contributed by atoms with Crippen molar-refractivity contribution in [2.45, 2.75) is 20.3 Å². The Balaban J connectivity index is 3.13. The summed E-state index contributed by atoms with van der Waals surface area (Å²) in [7, 11) is 0. The Morgan fingerprint density at radius 3 is 2.50 bits per heavy atom. The topological polar surface area (TPSA) is 15.3 Å². The summed E-state index contributed by atoms with van der Waals surface area (Å²) in [5.41, 5.74) is 0. The van der Waals surface area contributed by atoms with Crippen LogP contribution in [0.2, 0.25) is 0 Å². The molecule has 2 heteroatoms. The highest BCUT2D eigenvalue weighted by molar-refractivity contribution is 4.86. The largest absolute Gasteiger partial charge is 0.306 e. The second-order valence-corrected chi connectivity index (χ2v) is 2.76. The van der Waals surface area contributed by atoms with Gasteiger partial charge in [0.05, 0.1) is 6.54 Å². The van der Waals surface area contributed by atoms with Crippen LogP contribution in [0.3, 0.4) is 0 Å². The van der Waals surface area contributed by atoms with E-state index in [1.54, 1.807) is 0 Å². The lowest BCUT2D eigenvalue weighted by Gasteiger charge is -2.17. The Labute approximate surface area is 76.3 Å². The Kier molecular flexibility index (Phi) is 8.20. The monoisotopic (exact) mass is 168 g/mol. The molecule has 0 saturated carbocycles. The molecule has 1 N–H and O–H groups in total. The minimum Gasteiger partial charge on any atom is -0.306 e. The highest BCUT2D eigenvalue weighted by Crippen LogP contribution is 1.88. The van der Waals surface area contributed by atoms with Crippen molar-refractivity contribution in [3.63, 3.8) is 0 Å². The summed E-state index contributed by atoms with van der Waals surface area (Å²) in [5.74, 6) is 2.56. The predicted octanol–water partition coefficient (Wildman–Crippen LogP) is 0.941. The van der Waals surface area contributed by atoms with Crippen LogP contribution in [0.5, 0.6) is 0 Å². The van der Waals surface area contributed by atoms with E-state index in [0.29, 0.717) is 6.54 Å². The molecule has 0 spiro atoms. The molecule has 0 aromatic heterocycles. The van der Waals surface area contributed by atoms with E-state index in [-0.39, 0.29) is 0 Å². The zero-order chi connectivity index (χ0) is 9.23. The van der Waals surface area contributed by atoms with Crippen LogP contribution < -0.4 is 5.32 Å². The zero-order valence-electron chi connectivity index (χ0n) is 8.27. The van der Waals surface area contributed by atoms with Crippen LogP contribution in [0.15, 0.2) is 0 Å². The van der Waals surface area contributed by atoms with E-state index >= 15 is 0 Å². The Morgan fingerprint density at radius 1 is 1.33 bits per heavy atom. The third kappa shape index (κ3) is 6.21. The van der Waals surface area contributed by atoms with Crippen molar-refractivity contribution in [1.29, 1.82) is 0 Å². The van der Waals surface area contributed by atoms with Gasteiger partial charge in [0.2, 0.25) is 0 Å². The minimum absolute atomic E-state index is 0.693. The Morgan fingerprint density at radius 2 is 2.00 bits per heavy atom. The molecule has 0 aliphatic rings. The van der Waals surface area contributed by atoms with Crippen LogP contribution >= 0.6 is 0 Å². The number of nitrogens with one attached hydrogen (secondary N) is 1. The van der Waals surface area contributed by atoms with Gasteiger partial charge < -0.3 is 10.2 Å². The molecule has 0 saturated heterocycles. The van der Waals surface area contributed by atoms with E-state index in [1.165, 1.54) is 13.0 Å². The Bertz CT molecular complexity index is 122. The van der Waals surface area contributed by atoms with Crippen molar-refractivity contribution in [3.05, 3.63) is 0 Å². The first-order valence-electron chi connectivity index (χ1n) is 4.71. The van der Waals surface area contributed by atoms with Gasteiger partial charge in [0, 0.05) is 0 Å². The van der Waals surface area contributed by atoms with Gasteiger partial charge in [0.1, 0.15) is 0 Å². The maximum absolute atomic E-state index is 5.10. The number of terminal acetylenes is 1. The molecule has 0 aliphatic heterocycles. The van der Waals surface area contributed by atoms with Crippen LogP contribution in [0, 0.1) is 12.3 Å². The smallest absolute Gasteiger partial charge is 0.0573 e. The molecular formula is C10H20N2. The third-order valence-corrected chi connectivity index (χ3v) is 1.95. The lowest BCUT2D eigenvalue weighted by atomic mass is 10.3. The van der Waals surface area contributed by atoms with Crippen LogP contribution in [-0.2, 0) is 0 Å². The number of hydrogen-bond donors (Lipinski definition) is 1. The van der Waals surface area contributed by atoms with E-state index in [1.807, 2.05) is 0 Å². The van der Waals surface area contributed by atoms with Gasteiger partial charge in [0.25, 0.3) is 0 Å². The van der Waals surface area contributed by atoms with E-state index in [9.17, 15) is 0 Å². The van der Waals surface area contributed by atoms with Gasteiger partial charge in [-0.05, 0) is 32.6 Å². The maximum Gasteiger partial charge on any atom is 0.0573 e. The van der Waals surface area contributed by atoms with Gasteiger partial charge in [-0.15, -0.1) is 6.42 Å². The van der Waals surface area contributed by atoms with Gasteiger partial charge in [0.15, 0.2) is 0 Å². The molecule has 2 nitrogen and oxygen atoms in total. The van der Waals surface area contributed by atoms with Crippen molar-refractivity contribution in [2.24, 2.45) is 0 Å². The van der Waals surface area contributed by atoms with E-state index in [0.717, 1.165) is 19.6 Å². The van der Waals surface area contributed by atoms with Gasteiger partial charge in [-0.1, -0.05) is 19.8 Å². The summed E-state index contributed by atoms with van der Waals surface area (Å²) in [5, 5.41) is 3.18. The second kappa shape index (κ2) is 8.58. The van der Waals surface area contributed by atoms with E-state index in [2.05, 4.69) is 30.0 Å². The summed E-state index contributed by atoms with van der Waals surface area (Å²) >= 11 is 0. The molecule has 0 rings (SSSR count). The van der Waals surface area contributed by atoms with Crippen molar-refractivity contribution in [3.8, 4) is 12.3 Å². The lowest BCUT2D eigenvalue weighted by Crippen LogP contribution is -2.27. The molecule has 0 fully saturated rings. The number of rotatable bonds is 7. The van der Waals surface area contributed by atoms with Crippen molar-refractivity contribution < 1.29 is 0 Å². The molecule has 0 radical (unpaired) electrons. The maximum atomic E-state index is 5.10. The van der Waals surface area contributed by atoms with Crippen molar-refractivity contribution in [1.82, 2.24) is 10.2 Å². The molecular weight excluding hydrogens is 148 g/mol. The molecule has 0 heterocycles. The molecule has 0 atom stereocenters. The first-order chi connectivity index (χ1) is 5.85. The highest BCUT2D eigenvalue weighted by atomic mass is 15.1. The summed E-state index contributed by atoms with van der Waals surface area (Å²) in [4.78, 5) is 2.41. The molecule has 0 aromatic carbocycles. The zero-order valence-corrected chi connectivity index (χ0v) is 8.27. The summed E-state index contributed by atoms with van der Waals surface area (Å²) in [6.45, 7) is 9.57.